The zero-order chi connectivity index (χ0) is 22.5. The van der Waals surface area contributed by atoms with E-state index in [2.05, 4.69) is 15.4 Å². The Balaban J connectivity index is 1.56. The predicted octanol–water partition coefficient (Wildman–Crippen LogP) is 4.12. The molecule has 4 rings (SSSR count). The maximum atomic E-state index is 13.2. The van der Waals surface area contributed by atoms with Crippen molar-refractivity contribution in [3.8, 4) is 17.0 Å². The number of aryl methyl sites for hydroxylation is 1. The van der Waals surface area contributed by atoms with E-state index in [4.69, 9.17) is 25.6 Å². The summed E-state index contributed by atoms with van der Waals surface area (Å²) in [6.07, 6.45) is 0. The molecule has 3 aromatic rings. The monoisotopic (exact) mass is 455 g/mol. The van der Waals surface area contributed by atoms with Crippen molar-refractivity contribution < 1.29 is 18.8 Å². The second-order valence-electron chi connectivity index (χ2n) is 7.59. The molecule has 2 aromatic carbocycles. The minimum atomic E-state index is -0.245. The molecule has 2 heterocycles. The van der Waals surface area contributed by atoms with Crippen LogP contribution in [0.3, 0.4) is 0 Å². The number of hydrogen-bond donors (Lipinski definition) is 1. The highest BCUT2D eigenvalue weighted by Crippen LogP contribution is 2.31. The molecular weight excluding hydrogens is 430 g/mol. The minimum absolute atomic E-state index is 0.00214. The van der Waals surface area contributed by atoms with E-state index in [-0.39, 0.29) is 11.9 Å². The van der Waals surface area contributed by atoms with Gasteiger partial charge in [0.2, 0.25) is 0 Å². The molecule has 32 heavy (non-hydrogen) atoms. The fourth-order valence-corrected chi connectivity index (χ4v) is 4.15. The van der Waals surface area contributed by atoms with E-state index in [9.17, 15) is 4.79 Å². The van der Waals surface area contributed by atoms with Gasteiger partial charge in [-0.3, -0.25) is 9.69 Å². The molecule has 0 radical (unpaired) electrons. The maximum Gasteiger partial charge on any atom is 0.257 e. The number of benzene rings is 2. The molecule has 1 amide bonds. The number of aromatic nitrogens is 1. The third-order valence-electron chi connectivity index (χ3n) is 5.66. The summed E-state index contributed by atoms with van der Waals surface area (Å²) in [7, 11) is 1.65. The Morgan fingerprint density at radius 2 is 1.91 bits per heavy atom. The molecule has 8 heteroatoms. The lowest BCUT2D eigenvalue weighted by molar-refractivity contribution is 0.0162. The summed E-state index contributed by atoms with van der Waals surface area (Å²) in [6.45, 7) is 5.08. The molecule has 1 aliphatic heterocycles. The Labute approximate surface area is 192 Å². The first-order chi connectivity index (χ1) is 15.6. The van der Waals surface area contributed by atoms with Crippen molar-refractivity contribution in [1.29, 1.82) is 0 Å². The Bertz CT molecular complexity index is 1060. The molecule has 0 spiro atoms. The number of ether oxygens (including phenoxy) is 2. The van der Waals surface area contributed by atoms with Crippen LogP contribution in [-0.4, -0.2) is 55.9 Å². The van der Waals surface area contributed by atoms with Crippen molar-refractivity contribution in [3.05, 3.63) is 70.4 Å². The van der Waals surface area contributed by atoms with Gasteiger partial charge >= 0.3 is 0 Å². The van der Waals surface area contributed by atoms with Crippen LogP contribution in [0.1, 0.15) is 27.7 Å². The molecule has 0 saturated carbocycles. The van der Waals surface area contributed by atoms with Gasteiger partial charge in [0.1, 0.15) is 22.8 Å². The number of rotatable bonds is 7. The summed E-state index contributed by atoms with van der Waals surface area (Å²) in [6, 6.07) is 15.2. The van der Waals surface area contributed by atoms with Crippen molar-refractivity contribution in [2.75, 3.05) is 40.0 Å². The van der Waals surface area contributed by atoms with Crippen LogP contribution in [0, 0.1) is 6.92 Å². The lowest BCUT2D eigenvalue weighted by Gasteiger charge is -2.35. The van der Waals surface area contributed by atoms with Crippen molar-refractivity contribution >= 4 is 17.5 Å². The number of hydrogen-bond acceptors (Lipinski definition) is 6. The van der Waals surface area contributed by atoms with Crippen LogP contribution in [-0.2, 0) is 4.74 Å². The molecule has 1 saturated heterocycles. The summed E-state index contributed by atoms with van der Waals surface area (Å²) in [5.41, 5.74) is 2.60. The Hall–Kier alpha value is -2.87. The van der Waals surface area contributed by atoms with E-state index >= 15 is 0 Å². The van der Waals surface area contributed by atoms with Gasteiger partial charge in [0.25, 0.3) is 5.91 Å². The Morgan fingerprint density at radius 1 is 1.19 bits per heavy atom. The van der Waals surface area contributed by atoms with Crippen molar-refractivity contribution in [3.63, 3.8) is 0 Å². The molecule has 0 bridgehead atoms. The van der Waals surface area contributed by atoms with Crippen LogP contribution in [0.5, 0.6) is 5.75 Å². The first kappa shape index (κ1) is 22.3. The molecule has 0 aliphatic carbocycles. The molecule has 1 N–H and O–H groups in total. The molecule has 0 unspecified atom stereocenters. The Kier molecular flexibility index (Phi) is 7.09. The summed E-state index contributed by atoms with van der Waals surface area (Å²) in [5.74, 6) is 0.998. The molecule has 7 nitrogen and oxygen atoms in total. The van der Waals surface area contributed by atoms with Gasteiger partial charge in [0, 0.05) is 25.2 Å². The zero-order valence-corrected chi connectivity index (χ0v) is 18.9. The average Bonchev–Trinajstić information content (AvgIpc) is 3.21. The van der Waals surface area contributed by atoms with Crippen LogP contribution in [0.25, 0.3) is 11.3 Å². The molecule has 1 atom stereocenters. The number of morpholine rings is 1. The molecule has 1 fully saturated rings. The van der Waals surface area contributed by atoms with E-state index in [1.165, 1.54) is 0 Å². The van der Waals surface area contributed by atoms with Crippen molar-refractivity contribution in [2.24, 2.45) is 0 Å². The number of carbonyl (C=O) groups is 1. The summed E-state index contributed by atoms with van der Waals surface area (Å²) in [4.78, 5) is 15.6. The largest absolute Gasteiger partial charge is 0.497 e. The number of methoxy groups -OCH3 is 1. The van der Waals surface area contributed by atoms with E-state index in [1.807, 2.05) is 42.5 Å². The third kappa shape index (κ3) is 4.80. The SMILES string of the molecule is COc1ccc([C@H](CNC(=O)c2c(-c3ccccc3Cl)noc2C)N2CCOCC2)cc1. The van der Waals surface area contributed by atoms with Gasteiger partial charge in [-0.05, 0) is 30.7 Å². The van der Waals surface area contributed by atoms with Crippen LogP contribution in [0.4, 0.5) is 0 Å². The van der Waals surface area contributed by atoms with Crippen LogP contribution in [0.15, 0.2) is 53.1 Å². The van der Waals surface area contributed by atoms with Crippen LogP contribution in [0.2, 0.25) is 5.02 Å². The normalized spacial score (nSPS) is 15.3. The fraction of sp³-hybridized carbons (Fsp3) is 0.333. The summed E-state index contributed by atoms with van der Waals surface area (Å²) < 4.78 is 16.2. The topological polar surface area (TPSA) is 76.8 Å². The summed E-state index contributed by atoms with van der Waals surface area (Å²) >= 11 is 6.34. The van der Waals surface area contributed by atoms with Gasteiger partial charge in [0.15, 0.2) is 0 Å². The lowest BCUT2D eigenvalue weighted by atomic mass is 10.0. The van der Waals surface area contributed by atoms with E-state index in [0.29, 0.717) is 47.4 Å². The third-order valence-corrected chi connectivity index (χ3v) is 5.99. The first-order valence-corrected chi connectivity index (χ1v) is 10.9. The average molecular weight is 456 g/mol. The Morgan fingerprint density at radius 3 is 2.59 bits per heavy atom. The number of nitrogens with one attached hydrogen (secondary N) is 1. The molecular formula is C24H26ClN3O4. The molecule has 168 valence electrons. The van der Waals surface area contributed by atoms with Crippen LogP contribution >= 0.6 is 11.6 Å². The van der Waals surface area contributed by atoms with Gasteiger partial charge in [-0.1, -0.05) is 47.1 Å². The highest BCUT2D eigenvalue weighted by Gasteiger charge is 2.26. The van der Waals surface area contributed by atoms with E-state index in [0.717, 1.165) is 24.4 Å². The van der Waals surface area contributed by atoms with Crippen molar-refractivity contribution in [2.45, 2.75) is 13.0 Å². The van der Waals surface area contributed by atoms with Gasteiger partial charge in [-0.25, -0.2) is 0 Å². The summed E-state index contributed by atoms with van der Waals surface area (Å²) in [5, 5.41) is 7.70. The van der Waals surface area contributed by atoms with Gasteiger partial charge in [-0.2, -0.15) is 0 Å². The first-order valence-electron chi connectivity index (χ1n) is 10.5. The van der Waals surface area contributed by atoms with E-state index in [1.54, 1.807) is 20.1 Å². The zero-order valence-electron chi connectivity index (χ0n) is 18.1. The maximum absolute atomic E-state index is 13.2. The molecule has 1 aliphatic rings. The second kappa shape index (κ2) is 10.2. The number of halogens is 1. The van der Waals surface area contributed by atoms with Gasteiger partial charge in [-0.15, -0.1) is 0 Å². The standard InChI is InChI=1S/C24H26ClN3O4/c1-16-22(23(27-32-16)19-5-3-4-6-20(19)25)24(29)26-15-21(28-11-13-31-14-12-28)17-7-9-18(30-2)10-8-17/h3-10,21H,11-15H2,1-2H3,(H,26,29)/t21-/m0/s1. The minimum Gasteiger partial charge on any atom is -0.497 e. The van der Waals surface area contributed by atoms with Crippen molar-refractivity contribution in [1.82, 2.24) is 15.4 Å². The predicted molar refractivity (Wildman–Crippen MR) is 122 cm³/mol. The number of carbonyl (C=O) groups excluding carboxylic acids is 1. The fourth-order valence-electron chi connectivity index (χ4n) is 3.93. The smallest absolute Gasteiger partial charge is 0.257 e. The van der Waals surface area contributed by atoms with Crippen LogP contribution < -0.4 is 10.1 Å². The van der Waals surface area contributed by atoms with Gasteiger partial charge in [0.05, 0.1) is 31.4 Å². The van der Waals surface area contributed by atoms with Gasteiger partial charge < -0.3 is 19.3 Å². The van der Waals surface area contributed by atoms with E-state index < -0.39 is 0 Å². The number of amides is 1. The highest BCUT2D eigenvalue weighted by molar-refractivity contribution is 6.33. The lowest BCUT2D eigenvalue weighted by Crippen LogP contribution is -2.43. The molecule has 1 aromatic heterocycles. The highest BCUT2D eigenvalue weighted by atomic mass is 35.5. The second-order valence-corrected chi connectivity index (χ2v) is 8.00. The quantitative estimate of drug-likeness (QED) is 0.577. The number of nitrogens with zero attached hydrogens (tertiary/aromatic N) is 2.